The summed E-state index contributed by atoms with van der Waals surface area (Å²) in [6.07, 6.45) is 0.971. The van der Waals surface area contributed by atoms with Crippen LogP contribution < -0.4 is 0 Å². The molecule has 1 aliphatic rings. The highest BCUT2D eigenvalue weighted by Gasteiger charge is 2.21. The van der Waals surface area contributed by atoms with Crippen molar-refractivity contribution in [1.82, 2.24) is 9.97 Å². The Morgan fingerprint density at radius 1 is 0.913 bits per heavy atom. The summed E-state index contributed by atoms with van der Waals surface area (Å²) in [5.74, 6) is 0. The molecule has 0 spiro atoms. The SMILES string of the molecule is CC1=C(c2cc(C)c3cc(C)nc(C)c3n2)Cc2ccccc21. The molecule has 0 saturated carbocycles. The molecule has 0 amide bonds. The summed E-state index contributed by atoms with van der Waals surface area (Å²) in [6.45, 7) is 8.48. The van der Waals surface area contributed by atoms with Crippen molar-refractivity contribution in [3.63, 3.8) is 0 Å². The third kappa shape index (κ3) is 2.17. The number of fused-ring (bicyclic) bond motifs is 2. The number of rotatable bonds is 1. The molecule has 0 unspecified atom stereocenters. The van der Waals surface area contributed by atoms with Crippen LogP contribution in [0.25, 0.3) is 22.0 Å². The maximum atomic E-state index is 4.97. The summed E-state index contributed by atoms with van der Waals surface area (Å²) in [5, 5.41) is 1.22. The third-order valence-electron chi connectivity index (χ3n) is 4.86. The van der Waals surface area contributed by atoms with Crippen molar-refractivity contribution < 1.29 is 0 Å². The van der Waals surface area contributed by atoms with E-state index >= 15 is 0 Å². The van der Waals surface area contributed by atoms with E-state index in [2.05, 4.69) is 62.2 Å². The van der Waals surface area contributed by atoms with Crippen LogP contribution >= 0.6 is 0 Å². The van der Waals surface area contributed by atoms with Gasteiger partial charge in [-0.2, -0.15) is 0 Å². The Balaban J connectivity index is 1.93. The average molecular weight is 300 g/mol. The molecular formula is C21H20N2. The summed E-state index contributed by atoms with van der Waals surface area (Å²) in [4.78, 5) is 9.56. The zero-order valence-corrected chi connectivity index (χ0v) is 14.1. The van der Waals surface area contributed by atoms with Gasteiger partial charge in [-0.1, -0.05) is 24.3 Å². The van der Waals surface area contributed by atoms with Gasteiger partial charge in [-0.05, 0) is 67.7 Å². The lowest BCUT2D eigenvalue weighted by atomic mass is 10.0. The van der Waals surface area contributed by atoms with Crippen LogP contribution in [0.2, 0.25) is 0 Å². The molecule has 2 aromatic heterocycles. The van der Waals surface area contributed by atoms with Crippen molar-refractivity contribution in [1.29, 1.82) is 0 Å². The second kappa shape index (κ2) is 5.02. The normalized spacial score (nSPS) is 13.7. The highest BCUT2D eigenvalue weighted by Crippen LogP contribution is 2.38. The van der Waals surface area contributed by atoms with E-state index in [1.807, 2.05) is 6.92 Å². The van der Waals surface area contributed by atoms with Crippen molar-refractivity contribution in [2.75, 3.05) is 0 Å². The van der Waals surface area contributed by atoms with E-state index in [-0.39, 0.29) is 0 Å². The molecule has 0 saturated heterocycles. The monoisotopic (exact) mass is 300 g/mol. The fourth-order valence-electron chi connectivity index (χ4n) is 3.66. The predicted molar refractivity (Wildman–Crippen MR) is 96.4 cm³/mol. The van der Waals surface area contributed by atoms with Crippen LogP contribution in [0, 0.1) is 20.8 Å². The van der Waals surface area contributed by atoms with E-state index in [4.69, 9.17) is 4.98 Å². The molecule has 0 bridgehead atoms. The van der Waals surface area contributed by atoms with Crippen LogP contribution in [0.1, 0.15) is 40.7 Å². The van der Waals surface area contributed by atoms with Gasteiger partial charge in [0.1, 0.15) is 0 Å². The Hall–Kier alpha value is -2.48. The Morgan fingerprint density at radius 3 is 2.48 bits per heavy atom. The predicted octanol–water partition coefficient (Wildman–Crippen LogP) is 5.04. The Bertz CT molecular complexity index is 981. The van der Waals surface area contributed by atoms with Gasteiger partial charge in [0.15, 0.2) is 0 Å². The highest BCUT2D eigenvalue weighted by molar-refractivity contribution is 5.97. The second-order valence-electron chi connectivity index (χ2n) is 6.51. The van der Waals surface area contributed by atoms with Crippen LogP contribution in [0.15, 0.2) is 36.4 Å². The van der Waals surface area contributed by atoms with Crippen molar-refractivity contribution in [3.05, 3.63) is 70.2 Å². The molecule has 4 rings (SSSR count). The standard InChI is InChI=1S/C21H20N2/c1-12-9-20(23-21-15(4)22-13(2)10-18(12)21)19-11-16-7-5-6-8-17(16)14(19)3/h5-10H,11H2,1-4H3. The molecule has 114 valence electrons. The van der Waals surface area contributed by atoms with Crippen molar-refractivity contribution in [2.45, 2.75) is 34.1 Å². The van der Waals surface area contributed by atoms with Crippen LogP contribution in [0.4, 0.5) is 0 Å². The van der Waals surface area contributed by atoms with E-state index < -0.39 is 0 Å². The fourth-order valence-corrected chi connectivity index (χ4v) is 3.66. The van der Waals surface area contributed by atoms with Crippen LogP contribution in [-0.2, 0) is 6.42 Å². The zero-order chi connectivity index (χ0) is 16.1. The van der Waals surface area contributed by atoms with E-state index in [1.165, 1.54) is 33.2 Å². The summed E-state index contributed by atoms with van der Waals surface area (Å²) in [7, 11) is 0. The Morgan fingerprint density at radius 2 is 1.70 bits per heavy atom. The van der Waals surface area contributed by atoms with Crippen LogP contribution in [0.3, 0.4) is 0 Å². The Labute approximate surface area is 136 Å². The number of nitrogens with zero attached hydrogens (tertiary/aromatic N) is 2. The summed E-state index contributed by atoms with van der Waals surface area (Å²) >= 11 is 0. The highest BCUT2D eigenvalue weighted by atomic mass is 14.8. The molecule has 0 atom stereocenters. The van der Waals surface area contributed by atoms with Crippen LogP contribution in [0.5, 0.6) is 0 Å². The summed E-state index contributed by atoms with van der Waals surface area (Å²) in [5.41, 5.74) is 10.9. The lowest BCUT2D eigenvalue weighted by Crippen LogP contribution is -1.98. The first-order valence-corrected chi connectivity index (χ1v) is 8.08. The van der Waals surface area contributed by atoms with Gasteiger partial charge >= 0.3 is 0 Å². The number of allylic oxidation sites excluding steroid dienone is 2. The first-order valence-electron chi connectivity index (χ1n) is 8.08. The van der Waals surface area contributed by atoms with Gasteiger partial charge in [-0.15, -0.1) is 0 Å². The van der Waals surface area contributed by atoms with Gasteiger partial charge in [-0.25, -0.2) is 4.98 Å². The number of hydrogen-bond donors (Lipinski definition) is 0. The molecular weight excluding hydrogens is 280 g/mol. The van der Waals surface area contributed by atoms with Crippen molar-refractivity contribution in [2.24, 2.45) is 0 Å². The maximum absolute atomic E-state index is 4.97. The lowest BCUT2D eigenvalue weighted by molar-refractivity contribution is 1.12. The van der Waals surface area contributed by atoms with E-state index in [0.717, 1.165) is 29.0 Å². The number of benzene rings is 1. The van der Waals surface area contributed by atoms with Gasteiger partial charge in [-0.3, -0.25) is 4.98 Å². The van der Waals surface area contributed by atoms with Gasteiger partial charge in [0.05, 0.1) is 16.9 Å². The topological polar surface area (TPSA) is 25.8 Å². The number of hydrogen-bond acceptors (Lipinski definition) is 2. The molecule has 2 nitrogen and oxygen atoms in total. The minimum atomic E-state index is 0.971. The Kier molecular flexibility index (Phi) is 3.08. The second-order valence-corrected chi connectivity index (χ2v) is 6.51. The lowest BCUT2D eigenvalue weighted by Gasteiger charge is -2.11. The average Bonchev–Trinajstić information content (AvgIpc) is 2.86. The quantitative estimate of drug-likeness (QED) is 0.629. The molecule has 0 N–H and O–H groups in total. The molecule has 0 aliphatic heterocycles. The van der Waals surface area contributed by atoms with E-state index in [0.29, 0.717) is 0 Å². The largest absolute Gasteiger partial charge is 0.256 e. The number of pyridine rings is 2. The van der Waals surface area contributed by atoms with E-state index in [1.54, 1.807) is 0 Å². The first kappa shape index (κ1) is 14.1. The maximum Gasteiger partial charge on any atom is 0.0924 e. The summed E-state index contributed by atoms with van der Waals surface area (Å²) in [6, 6.07) is 13.0. The number of aryl methyl sites for hydroxylation is 3. The van der Waals surface area contributed by atoms with Gasteiger partial charge in [0, 0.05) is 17.5 Å². The smallest absolute Gasteiger partial charge is 0.0924 e. The molecule has 23 heavy (non-hydrogen) atoms. The van der Waals surface area contributed by atoms with Crippen LogP contribution in [-0.4, -0.2) is 9.97 Å². The molecule has 2 heterocycles. The molecule has 0 radical (unpaired) electrons. The zero-order valence-electron chi connectivity index (χ0n) is 14.1. The number of aromatic nitrogens is 2. The minimum Gasteiger partial charge on any atom is -0.256 e. The molecule has 1 aliphatic carbocycles. The molecule has 1 aromatic carbocycles. The van der Waals surface area contributed by atoms with Gasteiger partial charge < -0.3 is 0 Å². The van der Waals surface area contributed by atoms with Gasteiger partial charge in [0.2, 0.25) is 0 Å². The third-order valence-corrected chi connectivity index (χ3v) is 4.86. The first-order chi connectivity index (χ1) is 11.0. The van der Waals surface area contributed by atoms with Gasteiger partial charge in [0.25, 0.3) is 0 Å². The summed E-state index contributed by atoms with van der Waals surface area (Å²) < 4.78 is 0. The van der Waals surface area contributed by atoms with Crippen molar-refractivity contribution in [3.8, 4) is 0 Å². The molecule has 2 heteroatoms. The fraction of sp³-hybridized carbons (Fsp3) is 0.238. The molecule has 0 fully saturated rings. The van der Waals surface area contributed by atoms with E-state index in [9.17, 15) is 0 Å². The molecule has 3 aromatic rings. The van der Waals surface area contributed by atoms with Crippen molar-refractivity contribution >= 4 is 22.0 Å². The minimum absolute atomic E-state index is 0.971.